The summed E-state index contributed by atoms with van der Waals surface area (Å²) >= 11 is 1.90. The molecule has 2 atom stereocenters. The van der Waals surface area contributed by atoms with Crippen LogP contribution in [0.2, 0.25) is 0 Å². The van der Waals surface area contributed by atoms with E-state index >= 15 is 0 Å². The van der Waals surface area contributed by atoms with Gasteiger partial charge in [-0.1, -0.05) is 18.3 Å². The lowest BCUT2D eigenvalue weighted by molar-refractivity contribution is 0.0440. The number of aryl methyl sites for hydroxylation is 1. The van der Waals surface area contributed by atoms with E-state index < -0.39 is 0 Å². The fourth-order valence-corrected chi connectivity index (χ4v) is 4.64. The van der Waals surface area contributed by atoms with Gasteiger partial charge in [-0.15, -0.1) is 0 Å². The molecule has 118 valence electrons. The average molecular weight is 309 g/mol. The zero-order valence-electron chi connectivity index (χ0n) is 13.2. The van der Waals surface area contributed by atoms with Crippen LogP contribution in [-0.4, -0.2) is 37.8 Å². The van der Waals surface area contributed by atoms with Gasteiger partial charge in [0.15, 0.2) is 5.13 Å². The molecule has 1 N–H and O–H groups in total. The van der Waals surface area contributed by atoms with Gasteiger partial charge in [-0.05, 0) is 45.6 Å². The van der Waals surface area contributed by atoms with Crippen molar-refractivity contribution < 1.29 is 4.74 Å². The highest BCUT2D eigenvalue weighted by molar-refractivity contribution is 7.15. The van der Waals surface area contributed by atoms with Crippen molar-refractivity contribution in [2.24, 2.45) is 0 Å². The Labute approximate surface area is 131 Å². The first-order valence-corrected chi connectivity index (χ1v) is 9.17. The van der Waals surface area contributed by atoms with Crippen LogP contribution in [0, 0.1) is 0 Å². The first-order valence-electron chi connectivity index (χ1n) is 8.35. The van der Waals surface area contributed by atoms with E-state index in [1.54, 1.807) is 0 Å². The van der Waals surface area contributed by atoms with E-state index in [4.69, 9.17) is 9.72 Å². The van der Waals surface area contributed by atoms with Crippen molar-refractivity contribution in [1.29, 1.82) is 0 Å². The second-order valence-corrected chi connectivity index (χ2v) is 7.13. The maximum atomic E-state index is 5.95. The molecule has 0 bridgehead atoms. The smallest absolute Gasteiger partial charge is 0.185 e. The van der Waals surface area contributed by atoms with Gasteiger partial charge < -0.3 is 15.0 Å². The largest absolute Gasteiger partial charge is 0.376 e. The lowest BCUT2D eigenvalue weighted by Crippen LogP contribution is -2.39. The molecular weight excluding hydrogens is 282 g/mol. The molecule has 1 fully saturated rings. The average Bonchev–Trinajstić information content (AvgIpc) is 2.97. The van der Waals surface area contributed by atoms with E-state index in [1.165, 1.54) is 41.4 Å². The summed E-state index contributed by atoms with van der Waals surface area (Å²) in [5.74, 6) is 0. The number of nitrogens with one attached hydrogen (secondary N) is 1. The van der Waals surface area contributed by atoms with Gasteiger partial charge in [0.2, 0.25) is 0 Å². The van der Waals surface area contributed by atoms with Crippen LogP contribution in [0.25, 0.3) is 0 Å². The predicted molar refractivity (Wildman–Crippen MR) is 88.3 cm³/mol. The monoisotopic (exact) mass is 309 g/mol. The molecule has 3 rings (SSSR count). The summed E-state index contributed by atoms with van der Waals surface area (Å²) in [6.45, 7) is 5.20. The van der Waals surface area contributed by atoms with Gasteiger partial charge in [0.25, 0.3) is 0 Å². The van der Waals surface area contributed by atoms with Crippen molar-refractivity contribution in [3.8, 4) is 0 Å². The lowest BCUT2D eigenvalue weighted by Gasteiger charge is -2.32. The predicted octanol–water partition coefficient (Wildman–Crippen LogP) is 3.14. The third-order valence-corrected chi connectivity index (χ3v) is 5.77. The molecule has 5 heteroatoms. The highest BCUT2D eigenvalue weighted by atomic mass is 32.1. The molecule has 0 aromatic carbocycles. The molecule has 0 amide bonds. The van der Waals surface area contributed by atoms with Crippen LogP contribution in [0.1, 0.15) is 55.6 Å². The number of thiazole rings is 1. The van der Waals surface area contributed by atoms with Gasteiger partial charge >= 0.3 is 0 Å². The first-order chi connectivity index (χ1) is 10.3. The molecule has 1 aliphatic carbocycles. The molecule has 0 saturated carbocycles. The second-order valence-electron chi connectivity index (χ2n) is 6.12. The summed E-state index contributed by atoms with van der Waals surface area (Å²) in [4.78, 5) is 8.85. The van der Waals surface area contributed by atoms with Gasteiger partial charge in [0, 0.05) is 30.6 Å². The van der Waals surface area contributed by atoms with E-state index in [0.29, 0.717) is 12.1 Å². The Balaban J connectivity index is 1.70. The number of piperidine rings is 1. The zero-order chi connectivity index (χ0) is 14.7. The van der Waals surface area contributed by atoms with Gasteiger partial charge in [-0.3, -0.25) is 0 Å². The Morgan fingerprint density at radius 3 is 3.10 bits per heavy atom. The number of fused-ring (bicyclic) bond motifs is 1. The van der Waals surface area contributed by atoms with Crippen molar-refractivity contribution in [3.63, 3.8) is 0 Å². The number of hydrogen-bond acceptors (Lipinski definition) is 5. The summed E-state index contributed by atoms with van der Waals surface area (Å²) in [5, 5.41) is 4.66. The molecule has 2 heterocycles. The van der Waals surface area contributed by atoms with Gasteiger partial charge in [-0.25, -0.2) is 4.98 Å². The molecule has 2 aliphatic rings. The summed E-state index contributed by atoms with van der Waals surface area (Å²) in [6, 6.07) is 0.511. The summed E-state index contributed by atoms with van der Waals surface area (Å²) < 4.78 is 5.95. The Kier molecular flexibility index (Phi) is 5.14. The van der Waals surface area contributed by atoms with Crippen LogP contribution >= 0.6 is 11.3 Å². The van der Waals surface area contributed by atoms with E-state index in [9.17, 15) is 0 Å². The third-order valence-electron chi connectivity index (χ3n) is 4.49. The minimum Gasteiger partial charge on any atom is -0.376 e. The maximum Gasteiger partial charge on any atom is 0.185 e. The highest BCUT2D eigenvalue weighted by Crippen LogP contribution is 2.38. The van der Waals surface area contributed by atoms with Crippen molar-refractivity contribution in [2.45, 2.75) is 57.6 Å². The normalized spacial score (nSPS) is 25.9. The van der Waals surface area contributed by atoms with Crippen LogP contribution in [-0.2, 0) is 11.2 Å². The molecule has 1 aromatic heterocycles. The third kappa shape index (κ3) is 3.41. The van der Waals surface area contributed by atoms with E-state index in [2.05, 4.69) is 24.2 Å². The standard InChI is InChI=1S/C16H27N3OS/c1-3-10-20-12-6-5-9-19(11-12)16-18-14-8-4-7-13(17-2)15(14)21-16/h12-13,17H,3-11H2,1-2H3. The van der Waals surface area contributed by atoms with Crippen molar-refractivity contribution in [1.82, 2.24) is 10.3 Å². The number of anilines is 1. The van der Waals surface area contributed by atoms with Crippen molar-refractivity contribution in [2.75, 3.05) is 31.6 Å². The van der Waals surface area contributed by atoms with Crippen LogP contribution in [0.5, 0.6) is 0 Å². The number of nitrogens with zero attached hydrogens (tertiary/aromatic N) is 2. The van der Waals surface area contributed by atoms with Crippen LogP contribution in [0.15, 0.2) is 0 Å². The number of hydrogen-bond donors (Lipinski definition) is 1. The van der Waals surface area contributed by atoms with Crippen molar-refractivity contribution in [3.05, 3.63) is 10.6 Å². The molecule has 1 aromatic rings. The minimum atomic E-state index is 0.389. The van der Waals surface area contributed by atoms with Gasteiger partial charge in [0.1, 0.15) is 0 Å². The van der Waals surface area contributed by atoms with Crippen LogP contribution < -0.4 is 10.2 Å². The SMILES string of the molecule is CCCOC1CCCN(c2nc3c(s2)C(NC)CCC3)C1. The number of aromatic nitrogens is 1. The van der Waals surface area contributed by atoms with E-state index in [-0.39, 0.29) is 0 Å². The Hall–Kier alpha value is -0.650. The molecule has 0 radical (unpaired) electrons. The topological polar surface area (TPSA) is 37.4 Å². The molecule has 1 saturated heterocycles. The fraction of sp³-hybridized carbons (Fsp3) is 0.812. The highest BCUT2D eigenvalue weighted by Gasteiger charge is 2.27. The van der Waals surface area contributed by atoms with Crippen LogP contribution in [0.3, 0.4) is 0 Å². The maximum absolute atomic E-state index is 5.95. The quantitative estimate of drug-likeness (QED) is 0.907. The lowest BCUT2D eigenvalue weighted by atomic mass is 9.98. The van der Waals surface area contributed by atoms with Crippen molar-refractivity contribution >= 4 is 16.5 Å². The minimum absolute atomic E-state index is 0.389. The molecule has 2 unspecified atom stereocenters. The molecule has 0 spiro atoms. The summed E-state index contributed by atoms with van der Waals surface area (Å²) in [6.07, 6.45) is 7.55. The number of ether oxygens (including phenoxy) is 1. The Bertz CT molecular complexity index is 462. The Morgan fingerprint density at radius 2 is 2.29 bits per heavy atom. The molecular formula is C16H27N3OS. The van der Waals surface area contributed by atoms with E-state index in [1.807, 2.05) is 11.3 Å². The molecule has 21 heavy (non-hydrogen) atoms. The zero-order valence-corrected chi connectivity index (χ0v) is 14.0. The fourth-order valence-electron chi connectivity index (χ4n) is 3.35. The summed E-state index contributed by atoms with van der Waals surface area (Å²) in [5.41, 5.74) is 1.33. The van der Waals surface area contributed by atoms with E-state index in [0.717, 1.165) is 32.5 Å². The summed E-state index contributed by atoms with van der Waals surface area (Å²) in [7, 11) is 2.06. The van der Waals surface area contributed by atoms with Gasteiger partial charge in [0.05, 0.1) is 11.8 Å². The van der Waals surface area contributed by atoms with Gasteiger partial charge in [-0.2, -0.15) is 0 Å². The molecule has 1 aliphatic heterocycles. The first kappa shape index (κ1) is 15.3. The van der Waals surface area contributed by atoms with Crippen LogP contribution in [0.4, 0.5) is 5.13 Å². The Morgan fingerprint density at radius 1 is 1.38 bits per heavy atom. The number of rotatable bonds is 5. The molecule has 4 nitrogen and oxygen atoms in total. The second kappa shape index (κ2) is 7.07.